The maximum atomic E-state index is 11.9. The van der Waals surface area contributed by atoms with Gasteiger partial charge in [0.15, 0.2) is 5.82 Å². The van der Waals surface area contributed by atoms with Crippen molar-refractivity contribution >= 4 is 5.91 Å². The van der Waals surface area contributed by atoms with Gasteiger partial charge in [-0.15, -0.1) is 0 Å². The monoisotopic (exact) mass is 266 g/mol. The van der Waals surface area contributed by atoms with Gasteiger partial charge in [0.25, 0.3) is 0 Å². The molecule has 1 fully saturated rings. The molecule has 0 bridgehead atoms. The lowest BCUT2D eigenvalue weighted by Crippen LogP contribution is -2.35. The van der Waals surface area contributed by atoms with Gasteiger partial charge >= 0.3 is 0 Å². The van der Waals surface area contributed by atoms with Gasteiger partial charge in [-0.1, -0.05) is 12.1 Å². The summed E-state index contributed by atoms with van der Waals surface area (Å²) < 4.78 is 4.95. The van der Waals surface area contributed by atoms with Crippen LogP contribution in [0.2, 0.25) is 0 Å². The van der Waals surface area contributed by atoms with Crippen LogP contribution in [0.3, 0.4) is 0 Å². The van der Waals surface area contributed by atoms with Crippen molar-refractivity contribution < 1.29 is 9.32 Å². The fraction of sp³-hybridized carbons (Fsp3) is 0.769. The Hall–Kier alpha value is -1.43. The number of piperidine rings is 1. The van der Waals surface area contributed by atoms with E-state index in [1.54, 1.807) is 6.92 Å². The number of nitrogens with one attached hydrogen (secondary N) is 2. The Morgan fingerprint density at radius 3 is 3.11 bits per heavy atom. The van der Waals surface area contributed by atoms with Crippen molar-refractivity contribution in [2.24, 2.45) is 11.8 Å². The smallest absolute Gasteiger partial charge is 0.246 e. The Morgan fingerprint density at radius 1 is 1.63 bits per heavy atom. The number of carbonyl (C=O) groups excluding carboxylic acids is 1. The second-order valence-corrected chi connectivity index (χ2v) is 5.30. The number of amides is 1. The van der Waals surface area contributed by atoms with Crippen LogP contribution in [0.1, 0.15) is 37.9 Å². The summed E-state index contributed by atoms with van der Waals surface area (Å²) in [6, 6.07) is 0. The Labute approximate surface area is 113 Å². The third-order valence-corrected chi connectivity index (χ3v) is 3.65. The lowest BCUT2D eigenvalue weighted by atomic mass is 9.85. The Morgan fingerprint density at radius 2 is 2.47 bits per heavy atom. The van der Waals surface area contributed by atoms with E-state index in [0.29, 0.717) is 36.5 Å². The van der Waals surface area contributed by atoms with Crippen molar-refractivity contribution in [1.82, 2.24) is 20.8 Å². The van der Waals surface area contributed by atoms with Crippen molar-refractivity contribution in [2.45, 2.75) is 39.7 Å². The molecule has 1 aliphatic heterocycles. The van der Waals surface area contributed by atoms with Gasteiger partial charge in [0.2, 0.25) is 11.8 Å². The van der Waals surface area contributed by atoms with Gasteiger partial charge in [-0.05, 0) is 44.7 Å². The third-order valence-electron chi connectivity index (χ3n) is 3.65. The van der Waals surface area contributed by atoms with Crippen LogP contribution in [0.4, 0.5) is 0 Å². The molecule has 1 aliphatic rings. The normalized spacial score (nSPS) is 21.1. The predicted octanol–water partition coefficient (Wildman–Crippen LogP) is 1.02. The minimum absolute atomic E-state index is 0.0499. The van der Waals surface area contributed by atoms with Gasteiger partial charge in [-0.25, -0.2) is 0 Å². The van der Waals surface area contributed by atoms with Crippen molar-refractivity contribution in [2.75, 3.05) is 13.1 Å². The van der Waals surface area contributed by atoms with Crippen LogP contribution in [-0.2, 0) is 11.3 Å². The fourth-order valence-electron chi connectivity index (χ4n) is 2.48. The minimum Gasteiger partial charge on any atom is -0.347 e. The predicted molar refractivity (Wildman–Crippen MR) is 70.3 cm³/mol. The van der Waals surface area contributed by atoms with Crippen LogP contribution in [-0.4, -0.2) is 29.1 Å². The molecule has 1 aromatic rings. The molecule has 1 amide bonds. The van der Waals surface area contributed by atoms with Crippen LogP contribution >= 0.6 is 0 Å². The SMILES string of the molecule is Cc1noc(CNC(=O)CC(C)C2CCCNC2)n1. The van der Waals surface area contributed by atoms with E-state index in [1.807, 2.05) is 0 Å². The molecule has 2 heterocycles. The first-order chi connectivity index (χ1) is 9.15. The molecule has 6 heteroatoms. The molecule has 2 N–H and O–H groups in total. The van der Waals surface area contributed by atoms with E-state index in [1.165, 1.54) is 12.8 Å². The van der Waals surface area contributed by atoms with Crippen molar-refractivity contribution in [3.63, 3.8) is 0 Å². The highest BCUT2D eigenvalue weighted by Crippen LogP contribution is 2.22. The molecule has 19 heavy (non-hydrogen) atoms. The zero-order valence-electron chi connectivity index (χ0n) is 11.6. The lowest BCUT2D eigenvalue weighted by Gasteiger charge is -2.27. The molecule has 0 spiro atoms. The quantitative estimate of drug-likeness (QED) is 0.831. The topological polar surface area (TPSA) is 80.0 Å². The molecule has 1 aromatic heterocycles. The van der Waals surface area contributed by atoms with Crippen LogP contribution in [0.25, 0.3) is 0 Å². The first-order valence-corrected chi connectivity index (χ1v) is 6.91. The number of nitrogens with zero attached hydrogens (tertiary/aromatic N) is 2. The summed E-state index contributed by atoms with van der Waals surface area (Å²) in [6.45, 7) is 6.35. The molecule has 0 saturated carbocycles. The van der Waals surface area contributed by atoms with Gasteiger partial charge in [0.1, 0.15) is 0 Å². The molecular formula is C13H22N4O2. The van der Waals surface area contributed by atoms with Crippen molar-refractivity contribution in [3.05, 3.63) is 11.7 Å². The van der Waals surface area contributed by atoms with Gasteiger partial charge in [0, 0.05) is 6.42 Å². The highest BCUT2D eigenvalue weighted by Gasteiger charge is 2.22. The molecule has 2 unspecified atom stereocenters. The molecule has 106 valence electrons. The highest BCUT2D eigenvalue weighted by molar-refractivity contribution is 5.76. The number of aryl methyl sites for hydroxylation is 1. The van der Waals surface area contributed by atoms with E-state index < -0.39 is 0 Å². The summed E-state index contributed by atoms with van der Waals surface area (Å²) in [7, 11) is 0. The summed E-state index contributed by atoms with van der Waals surface area (Å²) in [5.41, 5.74) is 0. The van der Waals surface area contributed by atoms with E-state index >= 15 is 0 Å². The fourth-order valence-corrected chi connectivity index (χ4v) is 2.48. The maximum absolute atomic E-state index is 11.9. The largest absolute Gasteiger partial charge is 0.347 e. The van der Waals surface area contributed by atoms with E-state index in [4.69, 9.17) is 4.52 Å². The summed E-state index contributed by atoms with van der Waals surface area (Å²) >= 11 is 0. The Kier molecular flexibility index (Phi) is 4.90. The van der Waals surface area contributed by atoms with Gasteiger partial charge in [-0.2, -0.15) is 4.98 Å². The number of hydrogen-bond acceptors (Lipinski definition) is 5. The van der Waals surface area contributed by atoms with Crippen molar-refractivity contribution in [1.29, 1.82) is 0 Å². The Balaban J connectivity index is 1.71. The molecule has 1 saturated heterocycles. The van der Waals surface area contributed by atoms with Crippen LogP contribution in [0, 0.1) is 18.8 Å². The lowest BCUT2D eigenvalue weighted by molar-refractivity contribution is -0.122. The average Bonchev–Trinajstić information content (AvgIpc) is 2.83. The first-order valence-electron chi connectivity index (χ1n) is 6.91. The standard InChI is InChI=1S/C13H22N4O2/c1-9(11-4-3-5-14-7-11)6-12(18)15-8-13-16-10(2)17-19-13/h9,11,14H,3-8H2,1-2H3,(H,15,18). The molecule has 2 atom stereocenters. The van der Waals surface area contributed by atoms with Gasteiger partial charge < -0.3 is 15.2 Å². The second-order valence-electron chi connectivity index (χ2n) is 5.30. The average molecular weight is 266 g/mol. The summed E-state index contributed by atoms with van der Waals surface area (Å²) in [5, 5.41) is 9.89. The molecule has 0 aromatic carbocycles. The molecular weight excluding hydrogens is 244 g/mol. The Bertz CT molecular complexity index is 413. The van der Waals surface area contributed by atoms with E-state index in [9.17, 15) is 4.79 Å². The van der Waals surface area contributed by atoms with E-state index in [2.05, 4.69) is 27.7 Å². The molecule has 0 radical (unpaired) electrons. The molecule has 6 nitrogen and oxygen atoms in total. The van der Waals surface area contributed by atoms with Gasteiger partial charge in [-0.3, -0.25) is 4.79 Å². The third kappa shape index (κ3) is 4.31. The molecule has 0 aliphatic carbocycles. The summed E-state index contributed by atoms with van der Waals surface area (Å²) in [5.74, 6) is 2.10. The van der Waals surface area contributed by atoms with Crippen LogP contribution in [0.5, 0.6) is 0 Å². The van der Waals surface area contributed by atoms with Crippen molar-refractivity contribution in [3.8, 4) is 0 Å². The van der Waals surface area contributed by atoms with Gasteiger partial charge in [0.05, 0.1) is 6.54 Å². The zero-order valence-corrected chi connectivity index (χ0v) is 11.6. The summed E-state index contributed by atoms with van der Waals surface area (Å²) in [6.07, 6.45) is 2.97. The zero-order chi connectivity index (χ0) is 13.7. The first kappa shape index (κ1) is 14.0. The maximum Gasteiger partial charge on any atom is 0.246 e. The number of hydrogen-bond donors (Lipinski definition) is 2. The second kappa shape index (κ2) is 6.65. The number of carbonyl (C=O) groups is 1. The number of aromatic nitrogens is 2. The number of rotatable bonds is 5. The minimum atomic E-state index is 0.0499. The van der Waals surface area contributed by atoms with Crippen LogP contribution < -0.4 is 10.6 Å². The van der Waals surface area contributed by atoms with E-state index in [-0.39, 0.29) is 5.91 Å². The highest BCUT2D eigenvalue weighted by atomic mass is 16.5. The van der Waals surface area contributed by atoms with E-state index in [0.717, 1.165) is 13.1 Å². The van der Waals surface area contributed by atoms with Crippen LogP contribution in [0.15, 0.2) is 4.52 Å². The summed E-state index contributed by atoms with van der Waals surface area (Å²) in [4.78, 5) is 15.9. The molecule has 2 rings (SSSR count).